The molecule has 6 heteroatoms. The summed E-state index contributed by atoms with van der Waals surface area (Å²) in [7, 11) is -3.83. The molecule has 0 spiro atoms. The molecule has 0 aliphatic carbocycles. The summed E-state index contributed by atoms with van der Waals surface area (Å²) >= 11 is 0. The third kappa shape index (κ3) is 4.28. The minimum Gasteiger partial charge on any atom is -0.492 e. The van der Waals surface area contributed by atoms with E-state index in [9.17, 15) is 8.42 Å². The monoisotopic (exact) mass is 398 g/mol. The molecule has 0 bridgehead atoms. The van der Waals surface area contributed by atoms with Gasteiger partial charge in [-0.15, -0.1) is 0 Å². The zero-order valence-electron chi connectivity index (χ0n) is 16.7. The minimum absolute atomic E-state index is 0.156. The molecule has 3 rings (SSSR count). The smallest absolute Gasteiger partial charge is 0.265 e. The summed E-state index contributed by atoms with van der Waals surface area (Å²) in [6.07, 6.45) is 2.33. The Morgan fingerprint density at radius 1 is 1.14 bits per heavy atom. The fourth-order valence-corrected chi connectivity index (χ4v) is 4.37. The van der Waals surface area contributed by atoms with E-state index in [4.69, 9.17) is 4.74 Å². The number of para-hydroxylation sites is 1. The van der Waals surface area contributed by atoms with Gasteiger partial charge < -0.3 is 4.74 Å². The number of anilines is 1. The van der Waals surface area contributed by atoms with Gasteiger partial charge in [0.05, 0.1) is 24.0 Å². The van der Waals surface area contributed by atoms with E-state index < -0.39 is 10.0 Å². The molecule has 0 saturated heterocycles. The van der Waals surface area contributed by atoms with Crippen molar-refractivity contribution in [2.24, 2.45) is 0 Å². The van der Waals surface area contributed by atoms with Crippen molar-refractivity contribution in [2.75, 3.05) is 11.3 Å². The lowest BCUT2D eigenvalue weighted by molar-refractivity contribution is 0.309. The van der Waals surface area contributed by atoms with Crippen LogP contribution in [0.3, 0.4) is 0 Å². The molecule has 0 amide bonds. The molecule has 2 aromatic carbocycles. The Morgan fingerprint density at radius 3 is 2.61 bits per heavy atom. The van der Waals surface area contributed by atoms with Gasteiger partial charge in [-0.25, -0.2) is 8.42 Å². The van der Waals surface area contributed by atoms with Crippen LogP contribution in [0.5, 0.6) is 5.75 Å². The first-order valence-electron chi connectivity index (χ1n) is 9.46. The molecule has 0 radical (unpaired) electrons. The number of benzene rings is 2. The number of nitrogens with zero attached hydrogens (tertiary/aromatic N) is 1. The highest BCUT2D eigenvalue weighted by Gasteiger charge is 2.23. The van der Waals surface area contributed by atoms with Gasteiger partial charge >= 0.3 is 0 Å². The van der Waals surface area contributed by atoms with Crippen LogP contribution >= 0.6 is 0 Å². The summed E-state index contributed by atoms with van der Waals surface area (Å²) in [6.45, 7) is 8.52. The van der Waals surface area contributed by atoms with Gasteiger partial charge in [-0.05, 0) is 54.7 Å². The van der Waals surface area contributed by atoms with Crippen LogP contribution in [0.1, 0.15) is 44.2 Å². The fraction of sp³-hybridized carbons (Fsp3) is 0.318. The lowest BCUT2D eigenvalue weighted by Gasteiger charge is -2.18. The largest absolute Gasteiger partial charge is 0.492 e. The van der Waals surface area contributed by atoms with Gasteiger partial charge in [-0.3, -0.25) is 9.71 Å². The number of aryl methyl sites for hydroxylation is 1. The quantitative estimate of drug-likeness (QED) is 0.590. The van der Waals surface area contributed by atoms with Crippen LogP contribution in [0.15, 0.2) is 53.6 Å². The lowest BCUT2D eigenvalue weighted by atomic mass is 9.98. The van der Waals surface area contributed by atoms with Crippen molar-refractivity contribution >= 4 is 26.6 Å². The highest BCUT2D eigenvalue weighted by atomic mass is 32.2. The summed E-state index contributed by atoms with van der Waals surface area (Å²) in [5.74, 6) is 0.585. The van der Waals surface area contributed by atoms with Crippen molar-refractivity contribution < 1.29 is 13.2 Å². The van der Waals surface area contributed by atoms with Gasteiger partial charge in [0.1, 0.15) is 10.6 Å². The Hall–Kier alpha value is -2.60. The van der Waals surface area contributed by atoms with Crippen molar-refractivity contribution in [2.45, 2.75) is 44.9 Å². The molecule has 1 aromatic heterocycles. The number of nitrogens with one attached hydrogen (secondary N) is 1. The molecule has 3 aromatic rings. The maximum atomic E-state index is 13.2. The van der Waals surface area contributed by atoms with Gasteiger partial charge in [0.25, 0.3) is 10.0 Å². The SMILES string of the molecule is CCCOc1cc(C)c(C(C)C)cc1S(=O)(=O)Nc1cnc2ccccc2c1. The average molecular weight is 399 g/mol. The predicted octanol–water partition coefficient (Wildman–Crippen LogP) is 5.26. The lowest BCUT2D eigenvalue weighted by Crippen LogP contribution is -2.16. The van der Waals surface area contributed by atoms with Gasteiger partial charge in [0, 0.05) is 5.39 Å². The molecule has 28 heavy (non-hydrogen) atoms. The third-order valence-electron chi connectivity index (χ3n) is 4.55. The Morgan fingerprint density at radius 2 is 1.89 bits per heavy atom. The van der Waals surface area contributed by atoms with Crippen LogP contribution in [0.4, 0.5) is 5.69 Å². The van der Waals surface area contributed by atoms with Gasteiger partial charge in [0.15, 0.2) is 0 Å². The van der Waals surface area contributed by atoms with Crippen LogP contribution in [0, 0.1) is 6.92 Å². The molecule has 148 valence electrons. The first kappa shape index (κ1) is 20.1. The zero-order valence-corrected chi connectivity index (χ0v) is 17.5. The van der Waals surface area contributed by atoms with Crippen molar-refractivity contribution in [3.8, 4) is 5.75 Å². The average Bonchev–Trinajstić information content (AvgIpc) is 2.65. The van der Waals surface area contributed by atoms with E-state index in [-0.39, 0.29) is 10.8 Å². The third-order valence-corrected chi connectivity index (χ3v) is 5.95. The van der Waals surface area contributed by atoms with E-state index in [2.05, 4.69) is 9.71 Å². The Labute approximate surface area is 166 Å². The predicted molar refractivity (Wildman–Crippen MR) is 114 cm³/mol. The first-order chi connectivity index (χ1) is 13.3. The Kier molecular flexibility index (Phi) is 5.89. The summed E-state index contributed by atoms with van der Waals surface area (Å²) in [5.41, 5.74) is 3.25. The van der Waals surface area contributed by atoms with E-state index in [1.807, 2.05) is 58.0 Å². The second kappa shape index (κ2) is 8.19. The molecule has 1 heterocycles. The number of aromatic nitrogens is 1. The molecular weight excluding hydrogens is 372 g/mol. The van der Waals surface area contributed by atoms with Gasteiger partial charge in [-0.2, -0.15) is 0 Å². The molecule has 0 aliphatic heterocycles. The van der Waals surface area contributed by atoms with Crippen molar-refractivity contribution in [1.29, 1.82) is 0 Å². The van der Waals surface area contributed by atoms with Crippen LogP contribution in [-0.2, 0) is 10.0 Å². The first-order valence-corrected chi connectivity index (χ1v) is 10.9. The summed E-state index contributed by atoms with van der Waals surface area (Å²) in [5, 5.41) is 0.872. The highest BCUT2D eigenvalue weighted by molar-refractivity contribution is 7.92. The van der Waals surface area contributed by atoms with Gasteiger partial charge in [-0.1, -0.05) is 39.0 Å². The zero-order chi connectivity index (χ0) is 20.3. The van der Waals surface area contributed by atoms with Crippen molar-refractivity contribution in [3.05, 3.63) is 59.8 Å². The fourth-order valence-electron chi connectivity index (χ4n) is 3.17. The number of sulfonamides is 1. The molecule has 0 unspecified atom stereocenters. The van der Waals surface area contributed by atoms with Crippen LogP contribution < -0.4 is 9.46 Å². The normalized spacial score (nSPS) is 11.8. The second-order valence-corrected chi connectivity index (χ2v) is 8.83. The van der Waals surface area contributed by atoms with E-state index in [1.165, 1.54) is 6.20 Å². The molecule has 5 nitrogen and oxygen atoms in total. The number of ether oxygens (including phenoxy) is 1. The van der Waals surface area contributed by atoms with Gasteiger partial charge in [0.2, 0.25) is 0 Å². The van der Waals surface area contributed by atoms with E-state index in [0.717, 1.165) is 28.5 Å². The number of hydrogen-bond donors (Lipinski definition) is 1. The summed E-state index contributed by atoms with van der Waals surface area (Å²) in [6, 6.07) is 12.9. The van der Waals surface area contributed by atoms with Crippen molar-refractivity contribution in [1.82, 2.24) is 4.98 Å². The number of fused-ring (bicyclic) bond motifs is 1. The minimum atomic E-state index is -3.83. The molecule has 0 fully saturated rings. The standard InChI is InChI=1S/C22H26N2O3S/c1-5-10-27-21-11-16(4)19(15(2)3)13-22(21)28(25,26)24-18-12-17-8-6-7-9-20(17)23-14-18/h6-9,11-15,24H,5,10H2,1-4H3. The Balaban J connectivity index is 2.04. The summed E-state index contributed by atoms with van der Waals surface area (Å²) < 4.78 is 34.8. The number of rotatable bonds is 7. The van der Waals surface area contributed by atoms with Crippen LogP contribution in [0.2, 0.25) is 0 Å². The molecule has 0 saturated carbocycles. The molecular formula is C22H26N2O3S. The molecule has 0 aliphatic rings. The Bertz CT molecular complexity index is 1090. The summed E-state index contributed by atoms with van der Waals surface area (Å²) in [4.78, 5) is 4.49. The highest BCUT2D eigenvalue weighted by Crippen LogP contribution is 2.32. The maximum Gasteiger partial charge on any atom is 0.265 e. The number of hydrogen-bond acceptors (Lipinski definition) is 4. The van der Waals surface area contributed by atoms with Crippen molar-refractivity contribution in [3.63, 3.8) is 0 Å². The van der Waals surface area contributed by atoms with E-state index in [0.29, 0.717) is 18.0 Å². The number of pyridine rings is 1. The second-order valence-electron chi connectivity index (χ2n) is 7.18. The molecule has 0 atom stereocenters. The maximum absolute atomic E-state index is 13.2. The van der Waals surface area contributed by atoms with Crippen LogP contribution in [0.25, 0.3) is 10.9 Å². The molecule has 1 N–H and O–H groups in total. The van der Waals surface area contributed by atoms with E-state index in [1.54, 1.807) is 12.1 Å². The van der Waals surface area contributed by atoms with E-state index >= 15 is 0 Å². The van der Waals surface area contributed by atoms with Crippen LogP contribution in [-0.4, -0.2) is 20.0 Å². The topological polar surface area (TPSA) is 68.3 Å².